The number of likely N-dealkylation sites (N-methyl/N-ethyl adjacent to an activating group) is 1. The fourth-order valence-corrected chi connectivity index (χ4v) is 3.69. The van der Waals surface area contributed by atoms with Crippen LogP contribution in [0.1, 0.15) is 5.56 Å². The Bertz CT molecular complexity index is 821. The van der Waals surface area contributed by atoms with E-state index >= 15 is 0 Å². The average molecular weight is 357 g/mol. The van der Waals surface area contributed by atoms with Crippen molar-refractivity contribution >= 4 is 29.6 Å². The quantitative estimate of drug-likeness (QED) is 0.828. The zero-order chi connectivity index (χ0) is 18.6. The molecule has 3 heterocycles. The Balaban J connectivity index is 1.66. The molecule has 26 heavy (non-hydrogen) atoms. The lowest BCUT2D eigenvalue weighted by atomic mass is 10.1. The molecule has 2 unspecified atom stereocenters. The largest absolute Gasteiger partial charge is 0.480 e. The number of aliphatic imine (C=N–C) groups is 1. The first kappa shape index (κ1) is 16.4. The summed E-state index contributed by atoms with van der Waals surface area (Å²) in [6.07, 6.45) is -0.636. The molecule has 136 valence electrons. The van der Waals surface area contributed by atoms with Gasteiger partial charge in [-0.3, -0.25) is 14.5 Å². The summed E-state index contributed by atoms with van der Waals surface area (Å²) in [6, 6.07) is 6.70. The summed E-state index contributed by atoms with van der Waals surface area (Å²) in [5.41, 5.74) is 2.12. The third-order valence-corrected chi connectivity index (χ3v) is 5.02. The molecule has 3 aliphatic rings. The number of rotatable bonds is 3. The lowest BCUT2D eigenvalue weighted by Gasteiger charge is -2.39. The van der Waals surface area contributed by atoms with E-state index in [0.717, 1.165) is 16.2 Å². The van der Waals surface area contributed by atoms with Crippen molar-refractivity contribution in [2.75, 3.05) is 31.6 Å². The maximum absolute atomic E-state index is 12.8. The minimum atomic E-state index is -1.22. The van der Waals surface area contributed by atoms with Gasteiger partial charge in [-0.25, -0.2) is 9.79 Å². The van der Waals surface area contributed by atoms with Gasteiger partial charge in [0, 0.05) is 25.8 Å². The van der Waals surface area contributed by atoms with Gasteiger partial charge in [0.25, 0.3) is 5.91 Å². The van der Waals surface area contributed by atoms with Crippen LogP contribution in [-0.2, 0) is 9.59 Å². The standard InChI is InChI=1S/C17H19N5O4/c1-10-3-5-11(6-4-10)20-7-8-21-13-14(18-16(20)21)19(2)17(26)22(15(13)25)9-12(23)24/h3-6,13-14H,7-9H2,1-2H3,(H,23,24). The molecule has 4 rings (SSSR count). The summed E-state index contributed by atoms with van der Waals surface area (Å²) >= 11 is 0. The predicted octanol–water partition coefficient (Wildman–Crippen LogP) is 0.160. The van der Waals surface area contributed by atoms with Crippen LogP contribution in [0.3, 0.4) is 0 Å². The Morgan fingerprint density at radius 2 is 1.92 bits per heavy atom. The highest BCUT2D eigenvalue weighted by Gasteiger charge is 2.54. The van der Waals surface area contributed by atoms with Gasteiger partial charge in [0.05, 0.1) is 0 Å². The van der Waals surface area contributed by atoms with Gasteiger partial charge in [0.15, 0.2) is 12.2 Å². The van der Waals surface area contributed by atoms with Gasteiger partial charge in [0.2, 0.25) is 5.96 Å². The van der Waals surface area contributed by atoms with Crippen molar-refractivity contribution in [1.29, 1.82) is 0 Å². The molecule has 3 aliphatic heterocycles. The number of hydrogen-bond donors (Lipinski definition) is 1. The summed E-state index contributed by atoms with van der Waals surface area (Å²) in [6.45, 7) is 2.63. The Morgan fingerprint density at radius 1 is 1.23 bits per heavy atom. The van der Waals surface area contributed by atoms with E-state index in [4.69, 9.17) is 5.11 Å². The first-order chi connectivity index (χ1) is 12.4. The van der Waals surface area contributed by atoms with Crippen LogP contribution in [0.15, 0.2) is 29.3 Å². The van der Waals surface area contributed by atoms with Gasteiger partial charge in [0.1, 0.15) is 6.54 Å². The van der Waals surface area contributed by atoms with Crippen LogP contribution in [0.5, 0.6) is 0 Å². The summed E-state index contributed by atoms with van der Waals surface area (Å²) in [5.74, 6) is -1.08. The third-order valence-electron chi connectivity index (χ3n) is 5.02. The van der Waals surface area contributed by atoms with Gasteiger partial charge < -0.3 is 19.8 Å². The summed E-state index contributed by atoms with van der Waals surface area (Å²) < 4.78 is 0. The highest BCUT2D eigenvalue weighted by atomic mass is 16.4. The van der Waals surface area contributed by atoms with Gasteiger partial charge in [-0.2, -0.15) is 0 Å². The number of guanidine groups is 1. The second-order valence-corrected chi connectivity index (χ2v) is 6.68. The molecule has 0 saturated carbocycles. The van der Waals surface area contributed by atoms with Crippen molar-refractivity contribution in [2.24, 2.45) is 4.99 Å². The highest BCUT2D eigenvalue weighted by molar-refractivity contribution is 6.08. The fourth-order valence-electron chi connectivity index (χ4n) is 3.69. The molecule has 0 radical (unpaired) electrons. The number of carboxylic acids is 1. The number of urea groups is 1. The number of anilines is 1. The van der Waals surface area contributed by atoms with E-state index in [9.17, 15) is 14.4 Å². The van der Waals surface area contributed by atoms with Crippen LogP contribution in [0.25, 0.3) is 0 Å². The predicted molar refractivity (Wildman–Crippen MR) is 92.7 cm³/mol. The number of carboxylic acid groups (broad SMARTS) is 1. The van der Waals surface area contributed by atoms with Crippen LogP contribution in [0.4, 0.5) is 10.5 Å². The van der Waals surface area contributed by atoms with Crippen LogP contribution < -0.4 is 4.90 Å². The third kappa shape index (κ3) is 2.31. The van der Waals surface area contributed by atoms with E-state index in [0.29, 0.717) is 19.0 Å². The van der Waals surface area contributed by atoms with E-state index in [1.165, 1.54) is 4.90 Å². The smallest absolute Gasteiger partial charge is 0.328 e. The number of carbonyl (C=O) groups excluding carboxylic acids is 2. The maximum atomic E-state index is 12.8. The molecule has 1 N–H and O–H groups in total. The number of aryl methyl sites for hydroxylation is 1. The number of fused-ring (bicyclic) bond motifs is 3. The SMILES string of the molecule is Cc1ccc(N2CCN3C2=NC2C3C(=O)N(CC(=O)O)C(=O)N2C)cc1. The molecule has 0 aromatic heterocycles. The molecule has 9 heteroatoms. The molecule has 3 amide bonds. The second kappa shape index (κ2) is 5.72. The molecule has 0 spiro atoms. The van der Waals surface area contributed by atoms with E-state index in [2.05, 4.69) is 4.99 Å². The van der Waals surface area contributed by atoms with Crippen LogP contribution >= 0.6 is 0 Å². The van der Waals surface area contributed by atoms with Crippen LogP contribution in [-0.4, -0.2) is 82.6 Å². The number of benzene rings is 1. The molecule has 9 nitrogen and oxygen atoms in total. The minimum absolute atomic E-state index is 0.509. The fraction of sp³-hybridized carbons (Fsp3) is 0.412. The monoisotopic (exact) mass is 357 g/mol. The van der Waals surface area contributed by atoms with Crippen molar-refractivity contribution in [3.8, 4) is 0 Å². The van der Waals surface area contributed by atoms with Crippen molar-refractivity contribution in [3.63, 3.8) is 0 Å². The summed E-state index contributed by atoms with van der Waals surface area (Å²) in [4.78, 5) is 46.9. The Kier molecular flexibility index (Phi) is 3.60. The van der Waals surface area contributed by atoms with Crippen molar-refractivity contribution in [2.45, 2.75) is 19.1 Å². The first-order valence-corrected chi connectivity index (χ1v) is 8.37. The lowest BCUT2D eigenvalue weighted by molar-refractivity contribution is -0.146. The number of nitrogens with zero attached hydrogens (tertiary/aromatic N) is 5. The first-order valence-electron chi connectivity index (χ1n) is 8.37. The molecule has 0 aliphatic carbocycles. The van der Waals surface area contributed by atoms with E-state index < -0.39 is 36.7 Å². The number of hydrogen-bond acceptors (Lipinski definition) is 6. The zero-order valence-corrected chi connectivity index (χ0v) is 14.5. The van der Waals surface area contributed by atoms with E-state index in [1.807, 2.05) is 41.0 Å². The average Bonchev–Trinajstić information content (AvgIpc) is 3.16. The molecule has 2 atom stereocenters. The summed E-state index contributed by atoms with van der Waals surface area (Å²) in [5, 5.41) is 9.01. The van der Waals surface area contributed by atoms with Crippen LogP contribution in [0.2, 0.25) is 0 Å². The molecular formula is C17H19N5O4. The van der Waals surface area contributed by atoms with Crippen molar-refractivity contribution in [1.82, 2.24) is 14.7 Å². The zero-order valence-electron chi connectivity index (χ0n) is 14.5. The molecular weight excluding hydrogens is 338 g/mol. The van der Waals surface area contributed by atoms with Crippen LogP contribution in [0, 0.1) is 6.92 Å². The topological polar surface area (TPSA) is 96.8 Å². The van der Waals surface area contributed by atoms with E-state index in [-0.39, 0.29) is 0 Å². The normalized spacial score (nSPS) is 24.8. The number of carbonyl (C=O) groups is 3. The van der Waals surface area contributed by atoms with Gasteiger partial charge in [-0.05, 0) is 19.1 Å². The Labute approximate surface area is 150 Å². The molecule has 1 aromatic rings. The van der Waals surface area contributed by atoms with Gasteiger partial charge >= 0.3 is 12.0 Å². The molecule has 2 fully saturated rings. The van der Waals surface area contributed by atoms with Gasteiger partial charge in [-0.15, -0.1) is 0 Å². The van der Waals surface area contributed by atoms with E-state index in [1.54, 1.807) is 7.05 Å². The number of aliphatic carboxylic acids is 1. The van der Waals surface area contributed by atoms with Crippen molar-refractivity contribution in [3.05, 3.63) is 29.8 Å². The Hall–Kier alpha value is -3.10. The Morgan fingerprint density at radius 3 is 2.58 bits per heavy atom. The van der Waals surface area contributed by atoms with Gasteiger partial charge in [-0.1, -0.05) is 17.7 Å². The highest BCUT2D eigenvalue weighted by Crippen LogP contribution is 2.33. The molecule has 1 aromatic carbocycles. The minimum Gasteiger partial charge on any atom is -0.480 e. The number of imide groups is 1. The lowest BCUT2D eigenvalue weighted by Crippen LogP contribution is -2.65. The summed E-state index contributed by atoms with van der Waals surface area (Å²) in [7, 11) is 1.55. The second-order valence-electron chi connectivity index (χ2n) is 6.68. The number of amides is 3. The van der Waals surface area contributed by atoms with Crippen molar-refractivity contribution < 1.29 is 19.5 Å². The maximum Gasteiger partial charge on any atom is 0.328 e. The molecule has 0 bridgehead atoms. The molecule has 2 saturated heterocycles.